The molecule has 1 atom stereocenters. The summed E-state index contributed by atoms with van der Waals surface area (Å²) in [6.07, 6.45) is -5.16. The second-order valence-electron chi connectivity index (χ2n) is 11.8. The van der Waals surface area contributed by atoms with E-state index in [-0.39, 0.29) is 68.6 Å². The van der Waals surface area contributed by atoms with Crippen LogP contribution in [0.15, 0.2) is 47.5 Å². The number of aliphatic imine (C=N–C) groups is 1. The number of aryl methyl sites for hydroxylation is 2. The molecule has 2 aliphatic rings. The van der Waals surface area contributed by atoms with Crippen LogP contribution in [0, 0.1) is 6.92 Å². The van der Waals surface area contributed by atoms with Gasteiger partial charge in [-0.15, -0.1) is 0 Å². The second kappa shape index (κ2) is 14.4. The number of rotatable bonds is 11. The normalized spacial score (nSPS) is 17.0. The van der Waals surface area contributed by atoms with Crippen molar-refractivity contribution in [2.75, 3.05) is 36.9 Å². The minimum absolute atomic E-state index is 0.0114. The van der Waals surface area contributed by atoms with Crippen LogP contribution in [-0.4, -0.2) is 85.9 Å². The molecule has 0 saturated carbocycles. The number of amides is 2. The van der Waals surface area contributed by atoms with Gasteiger partial charge in [-0.05, 0) is 61.6 Å². The smallest absolute Gasteiger partial charge is 0.416 e. The van der Waals surface area contributed by atoms with Crippen LogP contribution in [0.1, 0.15) is 55.9 Å². The molecule has 2 amide bonds. The maximum atomic E-state index is 13.3. The van der Waals surface area contributed by atoms with Gasteiger partial charge in [0.2, 0.25) is 15.9 Å². The molecular formula is C32H37F3N4O8S. The molecule has 0 bridgehead atoms. The van der Waals surface area contributed by atoms with Crippen molar-refractivity contribution in [2.24, 2.45) is 4.99 Å². The van der Waals surface area contributed by atoms with Gasteiger partial charge in [0.1, 0.15) is 18.0 Å². The molecule has 1 fully saturated rings. The summed E-state index contributed by atoms with van der Waals surface area (Å²) in [5.41, 5.74) is -0.103. The number of esters is 2. The van der Waals surface area contributed by atoms with E-state index in [0.29, 0.717) is 5.69 Å². The first kappa shape index (κ1) is 36.5. The molecule has 1 unspecified atom stereocenters. The molecule has 2 aromatic carbocycles. The summed E-state index contributed by atoms with van der Waals surface area (Å²) < 4.78 is 77.7. The van der Waals surface area contributed by atoms with E-state index in [2.05, 4.69) is 10.3 Å². The minimum atomic E-state index is -4.56. The number of ether oxygens (including phenoxy) is 2. The highest BCUT2D eigenvalue weighted by Crippen LogP contribution is 2.34. The molecule has 0 aromatic heterocycles. The molecular weight excluding hydrogens is 657 g/mol. The summed E-state index contributed by atoms with van der Waals surface area (Å²) >= 11 is 0. The van der Waals surface area contributed by atoms with Crippen molar-refractivity contribution in [2.45, 2.75) is 64.8 Å². The molecule has 16 heteroatoms. The van der Waals surface area contributed by atoms with Crippen LogP contribution in [0.4, 0.5) is 18.9 Å². The zero-order valence-electron chi connectivity index (χ0n) is 26.9. The molecule has 0 aliphatic carbocycles. The van der Waals surface area contributed by atoms with Crippen LogP contribution in [0.2, 0.25) is 0 Å². The summed E-state index contributed by atoms with van der Waals surface area (Å²) in [5, 5.41) is 2.57. The molecule has 260 valence electrons. The SMILES string of the molecule is CC(=O)OCC(CN(C(C)=O)c1ccc(CCS(=O)(=O)N2CCC3(CC2)N=C(c2cccc(C(F)(F)F)c2)NC3=O)c(C)c1)OC(C)=O. The van der Waals surface area contributed by atoms with E-state index in [4.69, 9.17) is 9.47 Å². The van der Waals surface area contributed by atoms with Crippen LogP contribution in [0.5, 0.6) is 0 Å². The van der Waals surface area contributed by atoms with E-state index in [9.17, 15) is 40.8 Å². The lowest BCUT2D eigenvalue weighted by Crippen LogP contribution is -2.50. The van der Waals surface area contributed by atoms with Crippen molar-refractivity contribution in [3.05, 3.63) is 64.7 Å². The van der Waals surface area contributed by atoms with Crippen molar-refractivity contribution < 1.29 is 50.2 Å². The third-order valence-corrected chi connectivity index (χ3v) is 10.1. The number of anilines is 1. The van der Waals surface area contributed by atoms with Crippen LogP contribution in [0.3, 0.4) is 0 Å². The van der Waals surface area contributed by atoms with Gasteiger partial charge in [0, 0.05) is 45.1 Å². The number of benzene rings is 2. The number of hydrogen-bond donors (Lipinski definition) is 1. The topological polar surface area (TPSA) is 152 Å². The van der Waals surface area contributed by atoms with E-state index >= 15 is 0 Å². The molecule has 48 heavy (non-hydrogen) atoms. The highest BCUT2D eigenvalue weighted by Gasteiger charge is 2.47. The van der Waals surface area contributed by atoms with Gasteiger partial charge < -0.3 is 19.7 Å². The number of piperidine rings is 1. The summed E-state index contributed by atoms with van der Waals surface area (Å²) in [6.45, 7) is 5.23. The third kappa shape index (κ3) is 8.78. The van der Waals surface area contributed by atoms with Gasteiger partial charge in [-0.3, -0.25) is 24.2 Å². The Labute approximate surface area is 276 Å². The monoisotopic (exact) mass is 694 g/mol. The van der Waals surface area contributed by atoms with Gasteiger partial charge in [0.15, 0.2) is 6.10 Å². The standard InChI is InChI=1S/C32H37F3N4O8S/c1-20-16-27(39(21(2)40)18-28(47-23(4)42)19-46-22(3)41)9-8-24(20)10-15-48(44,45)38-13-11-31(12-14-38)30(43)36-29(37-31)25-6-5-7-26(17-25)32(33,34)35/h5-9,16-17,28H,10-15,18-19H2,1-4H3,(H,36,37,43). The molecule has 1 saturated heterocycles. The van der Waals surface area contributed by atoms with Gasteiger partial charge in [0.25, 0.3) is 5.91 Å². The van der Waals surface area contributed by atoms with Gasteiger partial charge in [-0.1, -0.05) is 18.2 Å². The average molecular weight is 695 g/mol. The molecule has 2 aliphatic heterocycles. The zero-order valence-corrected chi connectivity index (χ0v) is 27.7. The van der Waals surface area contributed by atoms with Crippen molar-refractivity contribution >= 4 is 45.3 Å². The van der Waals surface area contributed by atoms with E-state index in [0.717, 1.165) is 23.3 Å². The lowest BCUT2D eigenvalue weighted by molar-refractivity contribution is -0.155. The Kier molecular flexibility index (Phi) is 11.0. The minimum Gasteiger partial charge on any atom is -0.462 e. The Morgan fingerprint density at radius 1 is 1.06 bits per heavy atom. The number of nitrogens with zero attached hydrogens (tertiary/aromatic N) is 3. The number of carbonyl (C=O) groups is 4. The molecule has 2 heterocycles. The maximum Gasteiger partial charge on any atom is 0.416 e. The van der Waals surface area contributed by atoms with Crippen molar-refractivity contribution in [1.82, 2.24) is 9.62 Å². The average Bonchev–Trinajstić information content (AvgIpc) is 3.32. The summed E-state index contributed by atoms with van der Waals surface area (Å²) in [7, 11) is -3.76. The largest absolute Gasteiger partial charge is 0.462 e. The molecule has 4 rings (SSSR count). The Hall–Kier alpha value is -4.31. The van der Waals surface area contributed by atoms with E-state index < -0.39 is 51.3 Å². The number of amidine groups is 1. The first-order chi connectivity index (χ1) is 22.4. The predicted molar refractivity (Wildman–Crippen MR) is 169 cm³/mol. The van der Waals surface area contributed by atoms with Gasteiger partial charge in [0.05, 0.1) is 17.9 Å². The number of carbonyl (C=O) groups excluding carboxylic acids is 4. The molecule has 1 N–H and O–H groups in total. The van der Waals surface area contributed by atoms with Gasteiger partial charge >= 0.3 is 18.1 Å². The van der Waals surface area contributed by atoms with Crippen LogP contribution in [-0.2, 0) is 51.3 Å². The number of hydrogen-bond acceptors (Lipinski definition) is 9. The quantitative estimate of drug-likeness (QED) is 0.353. The fourth-order valence-electron chi connectivity index (χ4n) is 5.65. The fraction of sp³-hybridized carbons (Fsp3) is 0.469. The highest BCUT2D eigenvalue weighted by molar-refractivity contribution is 7.89. The molecule has 0 radical (unpaired) electrons. The fourth-order valence-corrected chi connectivity index (χ4v) is 7.13. The van der Waals surface area contributed by atoms with Crippen molar-refractivity contribution in [3.8, 4) is 0 Å². The maximum absolute atomic E-state index is 13.3. The Balaban J connectivity index is 1.40. The van der Waals surface area contributed by atoms with Gasteiger partial charge in [-0.25, -0.2) is 12.7 Å². The molecule has 1 spiro atoms. The van der Waals surface area contributed by atoms with Crippen molar-refractivity contribution in [1.29, 1.82) is 0 Å². The first-order valence-corrected chi connectivity index (χ1v) is 16.8. The Morgan fingerprint density at radius 3 is 2.33 bits per heavy atom. The number of sulfonamides is 1. The zero-order chi connectivity index (χ0) is 35.4. The van der Waals surface area contributed by atoms with Crippen LogP contribution in [0.25, 0.3) is 0 Å². The summed E-state index contributed by atoms with van der Waals surface area (Å²) in [5.74, 6) is -2.20. The lowest BCUT2D eigenvalue weighted by atomic mass is 9.89. The number of halogens is 3. The van der Waals surface area contributed by atoms with E-state index in [1.807, 2.05) is 0 Å². The van der Waals surface area contributed by atoms with Crippen LogP contribution < -0.4 is 10.2 Å². The molecule has 2 aromatic rings. The van der Waals surface area contributed by atoms with Gasteiger partial charge in [-0.2, -0.15) is 13.2 Å². The number of alkyl halides is 3. The van der Waals surface area contributed by atoms with Crippen LogP contribution >= 0.6 is 0 Å². The lowest BCUT2D eigenvalue weighted by Gasteiger charge is -2.34. The Morgan fingerprint density at radius 2 is 1.75 bits per heavy atom. The second-order valence-corrected chi connectivity index (χ2v) is 13.9. The van der Waals surface area contributed by atoms with E-state index in [1.54, 1.807) is 25.1 Å². The Bertz CT molecular complexity index is 1720. The first-order valence-electron chi connectivity index (χ1n) is 15.2. The van der Waals surface area contributed by atoms with E-state index in [1.165, 1.54) is 42.1 Å². The number of nitrogens with one attached hydrogen (secondary N) is 1. The highest BCUT2D eigenvalue weighted by atomic mass is 32.2. The summed E-state index contributed by atoms with van der Waals surface area (Å²) in [4.78, 5) is 54.1. The molecule has 12 nitrogen and oxygen atoms in total. The van der Waals surface area contributed by atoms with Crippen molar-refractivity contribution in [3.63, 3.8) is 0 Å². The third-order valence-electron chi connectivity index (χ3n) is 8.23. The summed E-state index contributed by atoms with van der Waals surface area (Å²) in [6, 6.07) is 9.56. The predicted octanol–water partition coefficient (Wildman–Crippen LogP) is 3.15.